The highest BCUT2D eigenvalue weighted by atomic mass is 16.6. The van der Waals surface area contributed by atoms with E-state index in [1.165, 1.54) is 6.92 Å². The Morgan fingerprint density at radius 2 is 2.06 bits per heavy atom. The molecule has 0 aromatic carbocycles. The van der Waals surface area contributed by atoms with Gasteiger partial charge in [0.1, 0.15) is 0 Å². The quantitative estimate of drug-likeness (QED) is 0.576. The minimum Gasteiger partial charge on any atom is -0.488 e. The van der Waals surface area contributed by atoms with Gasteiger partial charge in [0.05, 0.1) is 12.3 Å². The van der Waals surface area contributed by atoms with Crippen LogP contribution in [0.1, 0.15) is 44.9 Å². The predicted octanol–water partition coefficient (Wildman–Crippen LogP) is 3.06. The molecule has 1 heterocycles. The molecule has 0 aliphatic carbocycles. The van der Waals surface area contributed by atoms with Gasteiger partial charge in [-0.05, 0) is 19.8 Å². The van der Waals surface area contributed by atoms with Gasteiger partial charge in [0.25, 0.3) is 0 Å². The van der Waals surface area contributed by atoms with Crippen molar-refractivity contribution in [3.8, 4) is 11.5 Å². The lowest BCUT2D eigenvalue weighted by molar-refractivity contribution is -0.132. The number of hydrogen-bond donors (Lipinski definition) is 0. The smallest absolute Gasteiger partial charge is 0.308 e. The molecule has 0 N–H and O–H groups in total. The lowest BCUT2D eigenvalue weighted by atomic mass is 10.1. The SMILES string of the molecule is CCCCOc1c(C)ncc(CC)c1OC(C)=O. The lowest BCUT2D eigenvalue weighted by Gasteiger charge is -2.15. The van der Waals surface area contributed by atoms with Gasteiger partial charge in [-0.1, -0.05) is 20.3 Å². The summed E-state index contributed by atoms with van der Waals surface area (Å²) < 4.78 is 11.0. The third-order valence-corrected chi connectivity index (χ3v) is 2.61. The standard InChI is InChI=1S/C14H21NO3/c1-5-7-8-17-13-10(3)15-9-12(6-2)14(13)18-11(4)16/h9H,5-8H2,1-4H3. The molecule has 1 aromatic heterocycles. The molecule has 0 unspecified atom stereocenters. The molecule has 4 nitrogen and oxygen atoms in total. The predicted molar refractivity (Wildman–Crippen MR) is 70.1 cm³/mol. The number of carbonyl (C=O) groups is 1. The molecular formula is C14H21NO3. The van der Waals surface area contributed by atoms with Crippen molar-refractivity contribution in [1.82, 2.24) is 4.98 Å². The molecule has 100 valence electrons. The Bertz CT molecular complexity index is 416. The van der Waals surface area contributed by atoms with E-state index in [2.05, 4.69) is 11.9 Å². The monoisotopic (exact) mass is 251 g/mol. The van der Waals surface area contributed by atoms with E-state index in [0.29, 0.717) is 18.1 Å². The number of aryl methyl sites for hydroxylation is 2. The second-order valence-electron chi connectivity index (χ2n) is 4.18. The van der Waals surface area contributed by atoms with Crippen LogP contribution >= 0.6 is 0 Å². The van der Waals surface area contributed by atoms with E-state index in [4.69, 9.17) is 9.47 Å². The lowest BCUT2D eigenvalue weighted by Crippen LogP contribution is -2.09. The summed E-state index contributed by atoms with van der Waals surface area (Å²) in [4.78, 5) is 15.5. The first-order valence-corrected chi connectivity index (χ1v) is 6.39. The van der Waals surface area contributed by atoms with Gasteiger partial charge in [0.2, 0.25) is 0 Å². The number of aromatic nitrogens is 1. The molecule has 1 aromatic rings. The van der Waals surface area contributed by atoms with Crippen LogP contribution in [0.4, 0.5) is 0 Å². The summed E-state index contributed by atoms with van der Waals surface area (Å²) in [6, 6.07) is 0. The Labute approximate surface area is 108 Å². The van der Waals surface area contributed by atoms with Crippen LogP contribution in [0.25, 0.3) is 0 Å². The summed E-state index contributed by atoms with van der Waals surface area (Å²) in [5, 5.41) is 0. The maximum Gasteiger partial charge on any atom is 0.308 e. The van der Waals surface area contributed by atoms with E-state index in [0.717, 1.165) is 30.5 Å². The van der Waals surface area contributed by atoms with Gasteiger partial charge in [0, 0.05) is 18.7 Å². The van der Waals surface area contributed by atoms with Crippen LogP contribution in [-0.2, 0) is 11.2 Å². The van der Waals surface area contributed by atoms with Crippen molar-refractivity contribution in [3.63, 3.8) is 0 Å². The fourth-order valence-corrected chi connectivity index (χ4v) is 1.60. The molecule has 0 atom stereocenters. The van der Waals surface area contributed by atoms with E-state index < -0.39 is 0 Å². The third-order valence-electron chi connectivity index (χ3n) is 2.61. The highest BCUT2D eigenvalue weighted by Crippen LogP contribution is 2.34. The molecule has 0 aliphatic heterocycles. The van der Waals surface area contributed by atoms with Gasteiger partial charge in [-0.15, -0.1) is 0 Å². The fourth-order valence-electron chi connectivity index (χ4n) is 1.60. The van der Waals surface area contributed by atoms with Crippen LogP contribution in [0.5, 0.6) is 11.5 Å². The molecule has 0 saturated carbocycles. The van der Waals surface area contributed by atoms with Gasteiger partial charge in [0.15, 0.2) is 11.5 Å². The summed E-state index contributed by atoms with van der Waals surface area (Å²) in [6.45, 7) is 7.96. The van der Waals surface area contributed by atoms with Crippen molar-refractivity contribution in [2.24, 2.45) is 0 Å². The maximum atomic E-state index is 11.2. The van der Waals surface area contributed by atoms with E-state index in [9.17, 15) is 4.79 Å². The zero-order valence-electron chi connectivity index (χ0n) is 11.6. The highest BCUT2D eigenvalue weighted by molar-refractivity contribution is 5.71. The largest absolute Gasteiger partial charge is 0.488 e. The number of nitrogens with zero attached hydrogens (tertiary/aromatic N) is 1. The highest BCUT2D eigenvalue weighted by Gasteiger charge is 2.16. The Morgan fingerprint density at radius 3 is 2.61 bits per heavy atom. The van der Waals surface area contributed by atoms with E-state index in [1.807, 2.05) is 13.8 Å². The van der Waals surface area contributed by atoms with Gasteiger partial charge in [-0.3, -0.25) is 9.78 Å². The summed E-state index contributed by atoms with van der Waals surface area (Å²) >= 11 is 0. The van der Waals surface area contributed by atoms with Crippen LogP contribution in [-0.4, -0.2) is 17.6 Å². The van der Waals surface area contributed by atoms with Gasteiger partial charge < -0.3 is 9.47 Å². The molecular weight excluding hydrogens is 230 g/mol. The summed E-state index contributed by atoms with van der Waals surface area (Å²) in [6.07, 6.45) is 4.51. The number of unbranched alkanes of at least 4 members (excludes halogenated alkanes) is 1. The molecule has 0 fully saturated rings. The number of hydrogen-bond acceptors (Lipinski definition) is 4. The first-order valence-electron chi connectivity index (χ1n) is 6.39. The number of esters is 1. The van der Waals surface area contributed by atoms with Crippen molar-refractivity contribution in [2.75, 3.05) is 6.61 Å². The Hall–Kier alpha value is -1.58. The average Bonchev–Trinajstić information content (AvgIpc) is 2.32. The minimum atomic E-state index is -0.337. The fraction of sp³-hybridized carbons (Fsp3) is 0.571. The van der Waals surface area contributed by atoms with Crippen molar-refractivity contribution in [3.05, 3.63) is 17.5 Å². The maximum absolute atomic E-state index is 11.2. The molecule has 4 heteroatoms. The number of ether oxygens (including phenoxy) is 2. The third kappa shape index (κ3) is 3.72. The van der Waals surface area contributed by atoms with Crippen LogP contribution in [0.2, 0.25) is 0 Å². The molecule has 0 radical (unpaired) electrons. The number of rotatable bonds is 6. The molecule has 1 rings (SSSR count). The summed E-state index contributed by atoms with van der Waals surface area (Å²) in [7, 11) is 0. The van der Waals surface area contributed by atoms with Gasteiger partial charge >= 0.3 is 5.97 Å². The Morgan fingerprint density at radius 1 is 1.33 bits per heavy atom. The molecule has 0 spiro atoms. The summed E-state index contributed by atoms with van der Waals surface area (Å²) in [5.74, 6) is 0.780. The molecule has 0 aliphatic rings. The van der Waals surface area contributed by atoms with Crippen LogP contribution in [0.15, 0.2) is 6.20 Å². The molecule has 0 amide bonds. The van der Waals surface area contributed by atoms with Crippen LogP contribution < -0.4 is 9.47 Å². The normalized spacial score (nSPS) is 10.2. The van der Waals surface area contributed by atoms with Crippen LogP contribution in [0, 0.1) is 6.92 Å². The number of carbonyl (C=O) groups excluding carboxylic acids is 1. The first kappa shape index (κ1) is 14.5. The topological polar surface area (TPSA) is 48.4 Å². The Balaban J connectivity index is 3.05. The zero-order valence-corrected chi connectivity index (χ0v) is 11.6. The second kappa shape index (κ2) is 6.99. The molecule has 0 bridgehead atoms. The van der Waals surface area contributed by atoms with E-state index in [-0.39, 0.29) is 5.97 Å². The van der Waals surface area contributed by atoms with Crippen molar-refractivity contribution < 1.29 is 14.3 Å². The van der Waals surface area contributed by atoms with Crippen molar-refractivity contribution >= 4 is 5.97 Å². The van der Waals surface area contributed by atoms with E-state index >= 15 is 0 Å². The van der Waals surface area contributed by atoms with Crippen molar-refractivity contribution in [2.45, 2.75) is 47.0 Å². The van der Waals surface area contributed by atoms with E-state index in [1.54, 1.807) is 6.20 Å². The second-order valence-corrected chi connectivity index (χ2v) is 4.18. The minimum absolute atomic E-state index is 0.337. The Kier molecular flexibility index (Phi) is 5.62. The first-order chi connectivity index (χ1) is 8.60. The number of pyridine rings is 1. The van der Waals surface area contributed by atoms with Crippen molar-refractivity contribution in [1.29, 1.82) is 0 Å². The molecule has 0 saturated heterocycles. The summed E-state index contributed by atoms with van der Waals surface area (Å²) in [5.41, 5.74) is 1.64. The van der Waals surface area contributed by atoms with Crippen LogP contribution in [0.3, 0.4) is 0 Å². The van der Waals surface area contributed by atoms with Gasteiger partial charge in [-0.2, -0.15) is 0 Å². The average molecular weight is 251 g/mol. The molecule has 18 heavy (non-hydrogen) atoms. The zero-order chi connectivity index (χ0) is 13.5. The van der Waals surface area contributed by atoms with Gasteiger partial charge in [-0.25, -0.2) is 0 Å².